The second-order valence-electron chi connectivity index (χ2n) is 6.65. The van der Waals surface area contributed by atoms with Crippen molar-refractivity contribution in [1.29, 1.82) is 0 Å². The minimum Gasteiger partial charge on any atom is -0.369 e. The van der Waals surface area contributed by atoms with Gasteiger partial charge in [-0.3, -0.25) is 14.0 Å². The highest BCUT2D eigenvalue weighted by molar-refractivity contribution is 5.92. The zero-order valence-electron chi connectivity index (χ0n) is 15.1. The molecule has 0 radical (unpaired) electrons. The number of likely N-dealkylation sites (tertiary alicyclic amines) is 1. The Bertz CT molecular complexity index is 1170. The predicted octanol–water partition coefficient (Wildman–Crippen LogP) is 0.440. The molecular weight excluding hydrogens is 358 g/mol. The Morgan fingerprint density at radius 2 is 2.18 bits per heavy atom. The number of rotatable bonds is 2. The lowest BCUT2D eigenvalue weighted by Gasteiger charge is -2.13. The summed E-state index contributed by atoms with van der Waals surface area (Å²) >= 11 is 0. The Balaban J connectivity index is 1.76. The standard InChI is InChI=1S/C20H17N5O3/c1-24-9-7-20(28,19(24)27)6-5-13-3-2-4-14(11-13)18-23-15(17(21)26)12-16-22-8-10-25(16)18/h2-4,8,10-12,28H,7,9H2,1H3,(H2,21,26). The smallest absolute Gasteiger partial charge is 0.267 e. The summed E-state index contributed by atoms with van der Waals surface area (Å²) in [4.78, 5) is 33.7. The van der Waals surface area contributed by atoms with Gasteiger partial charge in [-0.25, -0.2) is 9.97 Å². The third-order valence-corrected chi connectivity index (χ3v) is 4.69. The first-order valence-electron chi connectivity index (χ1n) is 8.63. The lowest BCUT2D eigenvalue weighted by Crippen LogP contribution is -2.37. The monoisotopic (exact) mass is 375 g/mol. The van der Waals surface area contributed by atoms with Crippen LogP contribution in [0, 0.1) is 11.8 Å². The molecule has 0 saturated carbocycles. The highest BCUT2D eigenvalue weighted by atomic mass is 16.3. The van der Waals surface area contributed by atoms with Crippen molar-refractivity contribution >= 4 is 17.5 Å². The van der Waals surface area contributed by atoms with E-state index in [0.29, 0.717) is 29.1 Å². The number of benzene rings is 1. The Hall–Kier alpha value is -3.70. The van der Waals surface area contributed by atoms with Crippen LogP contribution in [-0.2, 0) is 4.79 Å². The third-order valence-electron chi connectivity index (χ3n) is 4.69. The van der Waals surface area contributed by atoms with E-state index in [-0.39, 0.29) is 12.1 Å². The number of aromatic nitrogens is 3. The summed E-state index contributed by atoms with van der Waals surface area (Å²) < 4.78 is 1.74. The van der Waals surface area contributed by atoms with E-state index in [2.05, 4.69) is 21.8 Å². The molecule has 1 atom stereocenters. The van der Waals surface area contributed by atoms with Gasteiger partial charge in [0, 0.05) is 49.6 Å². The highest BCUT2D eigenvalue weighted by Gasteiger charge is 2.42. The van der Waals surface area contributed by atoms with Gasteiger partial charge in [0.2, 0.25) is 5.60 Å². The van der Waals surface area contributed by atoms with E-state index >= 15 is 0 Å². The van der Waals surface area contributed by atoms with Crippen molar-refractivity contribution in [3.8, 4) is 23.2 Å². The first-order chi connectivity index (χ1) is 13.4. The third kappa shape index (κ3) is 2.98. The van der Waals surface area contributed by atoms with Gasteiger partial charge in [-0.15, -0.1) is 0 Å². The van der Waals surface area contributed by atoms with Gasteiger partial charge in [-0.05, 0) is 12.1 Å². The zero-order chi connectivity index (χ0) is 19.9. The van der Waals surface area contributed by atoms with E-state index in [1.165, 1.54) is 11.0 Å². The maximum atomic E-state index is 12.1. The number of likely N-dealkylation sites (N-methyl/N-ethyl adjacent to an activating group) is 1. The van der Waals surface area contributed by atoms with Crippen molar-refractivity contribution < 1.29 is 14.7 Å². The van der Waals surface area contributed by atoms with E-state index in [1.807, 2.05) is 6.07 Å². The number of carbonyl (C=O) groups excluding carboxylic acids is 2. The molecule has 0 bridgehead atoms. The van der Waals surface area contributed by atoms with Crippen molar-refractivity contribution in [3.05, 3.63) is 54.0 Å². The Kier molecular flexibility index (Phi) is 4.09. The van der Waals surface area contributed by atoms with Crippen molar-refractivity contribution in [1.82, 2.24) is 19.3 Å². The van der Waals surface area contributed by atoms with Crippen molar-refractivity contribution in [2.75, 3.05) is 13.6 Å². The van der Waals surface area contributed by atoms with Crippen molar-refractivity contribution in [3.63, 3.8) is 0 Å². The molecular formula is C20H17N5O3. The fourth-order valence-electron chi connectivity index (χ4n) is 3.13. The number of nitrogens with two attached hydrogens (primary N) is 1. The fourth-order valence-corrected chi connectivity index (χ4v) is 3.13. The second-order valence-corrected chi connectivity index (χ2v) is 6.65. The van der Waals surface area contributed by atoms with Crippen molar-refractivity contribution in [2.45, 2.75) is 12.0 Å². The summed E-state index contributed by atoms with van der Waals surface area (Å²) in [6.07, 6.45) is 3.61. The van der Waals surface area contributed by atoms with Gasteiger partial charge in [-0.2, -0.15) is 0 Å². The molecule has 3 N–H and O–H groups in total. The first-order valence-corrected chi connectivity index (χ1v) is 8.63. The minimum atomic E-state index is -1.66. The lowest BCUT2D eigenvalue weighted by atomic mass is 10.0. The summed E-state index contributed by atoms with van der Waals surface area (Å²) in [5.41, 5.74) is 5.68. The molecule has 1 aliphatic rings. The number of carbonyl (C=O) groups is 2. The molecule has 0 aliphatic carbocycles. The van der Waals surface area contributed by atoms with E-state index < -0.39 is 17.4 Å². The van der Waals surface area contributed by atoms with Crippen LogP contribution in [0.15, 0.2) is 42.7 Å². The summed E-state index contributed by atoms with van der Waals surface area (Å²) in [7, 11) is 1.64. The largest absolute Gasteiger partial charge is 0.369 e. The van der Waals surface area contributed by atoms with Crippen LogP contribution in [0.4, 0.5) is 0 Å². The van der Waals surface area contributed by atoms with Crippen LogP contribution in [-0.4, -0.2) is 55.4 Å². The SMILES string of the molecule is CN1CCC(O)(C#Cc2cccc(-c3nc(C(N)=O)cc4nccn34)c2)C1=O. The molecule has 2 aromatic heterocycles. The summed E-state index contributed by atoms with van der Waals surface area (Å²) in [6.45, 7) is 0.465. The molecule has 28 heavy (non-hydrogen) atoms. The van der Waals surface area contributed by atoms with E-state index in [1.54, 1.807) is 42.0 Å². The van der Waals surface area contributed by atoms with Crippen LogP contribution in [0.25, 0.3) is 17.0 Å². The maximum Gasteiger partial charge on any atom is 0.267 e. The Morgan fingerprint density at radius 1 is 1.36 bits per heavy atom. The fraction of sp³-hybridized carbons (Fsp3) is 0.200. The number of nitrogens with zero attached hydrogens (tertiary/aromatic N) is 4. The number of aliphatic hydroxyl groups is 1. The summed E-state index contributed by atoms with van der Waals surface area (Å²) in [5.74, 6) is 5.02. The zero-order valence-corrected chi connectivity index (χ0v) is 15.1. The normalized spacial score (nSPS) is 18.9. The maximum absolute atomic E-state index is 12.1. The van der Waals surface area contributed by atoms with Crippen LogP contribution in [0.1, 0.15) is 22.5 Å². The number of fused-ring (bicyclic) bond motifs is 1. The number of amides is 2. The molecule has 1 aromatic carbocycles. The molecule has 3 aromatic rings. The van der Waals surface area contributed by atoms with Crippen molar-refractivity contribution in [2.24, 2.45) is 5.73 Å². The average molecular weight is 375 g/mol. The molecule has 2 amide bonds. The molecule has 1 unspecified atom stereocenters. The molecule has 4 rings (SSSR count). The van der Waals surface area contributed by atoms with Gasteiger partial charge < -0.3 is 15.7 Å². The van der Waals surface area contributed by atoms with E-state index in [9.17, 15) is 14.7 Å². The van der Waals surface area contributed by atoms with E-state index in [0.717, 1.165) is 0 Å². The molecule has 3 heterocycles. The molecule has 1 aliphatic heterocycles. The first kappa shape index (κ1) is 17.7. The van der Waals surface area contributed by atoms with Crippen LogP contribution in [0.3, 0.4) is 0 Å². The average Bonchev–Trinajstić information content (AvgIpc) is 3.27. The van der Waals surface area contributed by atoms with Gasteiger partial charge in [-0.1, -0.05) is 24.0 Å². The predicted molar refractivity (Wildman–Crippen MR) is 101 cm³/mol. The second kappa shape index (κ2) is 6.48. The Labute approximate surface area is 160 Å². The molecule has 1 fully saturated rings. The summed E-state index contributed by atoms with van der Waals surface area (Å²) in [5, 5.41) is 10.4. The van der Waals surface area contributed by atoms with Crippen LogP contribution in [0.2, 0.25) is 0 Å². The lowest BCUT2D eigenvalue weighted by molar-refractivity contribution is -0.137. The number of primary amides is 1. The van der Waals surface area contributed by atoms with Gasteiger partial charge in [0.25, 0.3) is 11.8 Å². The minimum absolute atomic E-state index is 0.110. The molecule has 0 spiro atoms. The van der Waals surface area contributed by atoms with Crippen LogP contribution < -0.4 is 5.73 Å². The molecule has 8 heteroatoms. The Morgan fingerprint density at radius 3 is 2.89 bits per heavy atom. The van der Waals surface area contributed by atoms with Gasteiger partial charge in [0.05, 0.1) is 0 Å². The molecule has 140 valence electrons. The van der Waals surface area contributed by atoms with Crippen LogP contribution >= 0.6 is 0 Å². The van der Waals surface area contributed by atoms with Gasteiger partial charge in [0.15, 0.2) is 0 Å². The number of hydrogen-bond acceptors (Lipinski definition) is 5. The van der Waals surface area contributed by atoms with Gasteiger partial charge in [0.1, 0.15) is 17.2 Å². The number of hydrogen-bond donors (Lipinski definition) is 2. The van der Waals surface area contributed by atoms with Gasteiger partial charge >= 0.3 is 0 Å². The summed E-state index contributed by atoms with van der Waals surface area (Å²) in [6, 6.07) is 8.67. The van der Waals surface area contributed by atoms with E-state index in [4.69, 9.17) is 5.73 Å². The number of imidazole rings is 1. The molecule has 8 nitrogen and oxygen atoms in total. The molecule has 1 saturated heterocycles. The highest BCUT2D eigenvalue weighted by Crippen LogP contribution is 2.23. The quantitative estimate of drug-likeness (QED) is 0.631. The topological polar surface area (TPSA) is 114 Å². The van der Waals surface area contributed by atoms with Crippen LogP contribution in [0.5, 0.6) is 0 Å².